The second kappa shape index (κ2) is 4.89. The Balaban J connectivity index is 2.15. The van der Waals surface area contributed by atoms with Crippen LogP contribution in [-0.2, 0) is 0 Å². The number of hydrogen-bond acceptors (Lipinski definition) is 2. The van der Waals surface area contributed by atoms with E-state index in [1.165, 1.54) is 5.56 Å². The quantitative estimate of drug-likeness (QED) is 0.650. The van der Waals surface area contributed by atoms with E-state index in [9.17, 15) is 4.79 Å². The number of nitrogens with zero attached hydrogens (tertiary/aromatic N) is 1. The minimum atomic E-state index is -0.0232. The number of rotatable bonds is 2. The maximum Gasteiger partial charge on any atom is 0.211 e. The highest BCUT2D eigenvalue weighted by molar-refractivity contribution is 6.14. The molecule has 0 amide bonds. The molecule has 0 fully saturated rings. The number of carbonyl (C=O) groups excluding carboxylic acids is 1. The Morgan fingerprint density at radius 1 is 0.950 bits per heavy atom. The highest BCUT2D eigenvalue weighted by Gasteiger charge is 2.14. The van der Waals surface area contributed by atoms with Crippen molar-refractivity contribution in [2.24, 2.45) is 0 Å². The third-order valence-electron chi connectivity index (χ3n) is 3.66. The van der Waals surface area contributed by atoms with Gasteiger partial charge in [0.15, 0.2) is 0 Å². The Bertz CT molecular complexity index is 800. The minimum absolute atomic E-state index is 0.0232. The molecule has 0 radical (unpaired) electrons. The zero-order valence-electron chi connectivity index (χ0n) is 11.6. The minimum Gasteiger partial charge on any atom is -0.287 e. The van der Waals surface area contributed by atoms with E-state index in [0.29, 0.717) is 11.3 Å². The summed E-state index contributed by atoms with van der Waals surface area (Å²) in [6.07, 6.45) is 1.69. The van der Waals surface area contributed by atoms with E-state index in [4.69, 9.17) is 0 Å². The molecular formula is C18H15NO. The van der Waals surface area contributed by atoms with Gasteiger partial charge in [0.1, 0.15) is 5.69 Å². The fraction of sp³-hybridized carbons (Fsp3) is 0.111. The molecule has 0 atom stereocenters. The molecular weight excluding hydrogens is 246 g/mol. The lowest BCUT2D eigenvalue weighted by molar-refractivity contribution is 0.103. The summed E-state index contributed by atoms with van der Waals surface area (Å²) in [5.41, 5.74) is 3.52. The molecule has 1 heterocycles. The second-order valence-corrected chi connectivity index (χ2v) is 5.01. The Morgan fingerprint density at radius 3 is 2.55 bits per heavy atom. The summed E-state index contributed by atoms with van der Waals surface area (Å²) in [5.74, 6) is -0.0232. The van der Waals surface area contributed by atoms with Crippen molar-refractivity contribution in [2.75, 3.05) is 0 Å². The number of pyridine rings is 1. The molecule has 0 spiro atoms. The van der Waals surface area contributed by atoms with Crippen molar-refractivity contribution in [3.63, 3.8) is 0 Å². The van der Waals surface area contributed by atoms with Crippen molar-refractivity contribution in [2.45, 2.75) is 13.8 Å². The largest absolute Gasteiger partial charge is 0.287 e. The van der Waals surface area contributed by atoms with E-state index in [1.807, 2.05) is 62.4 Å². The van der Waals surface area contributed by atoms with Crippen molar-refractivity contribution in [1.82, 2.24) is 4.98 Å². The van der Waals surface area contributed by atoms with Crippen LogP contribution in [0.15, 0.2) is 54.7 Å². The topological polar surface area (TPSA) is 30.0 Å². The Kier molecular flexibility index (Phi) is 3.07. The Morgan fingerprint density at radius 2 is 1.75 bits per heavy atom. The predicted octanol–water partition coefficient (Wildman–Crippen LogP) is 4.08. The lowest BCUT2D eigenvalue weighted by Crippen LogP contribution is -2.05. The third-order valence-corrected chi connectivity index (χ3v) is 3.66. The first kappa shape index (κ1) is 12.5. The number of aromatic nitrogens is 1. The first-order valence-electron chi connectivity index (χ1n) is 6.62. The van der Waals surface area contributed by atoms with Gasteiger partial charge in [-0.15, -0.1) is 0 Å². The van der Waals surface area contributed by atoms with Crippen LogP contribution in [0.3, 0.4) is 0 Å². The van der Waals surface area contributed by atoms with Crippen molar-refractivity contribution in [3.8, 4) is 0 Å². The summed E-state index contributed by atoms with van der Waals surface area (Å²) in [7, 11) is 0. The van der Waals surface area contributed by atoms with Crippen LogP contribution in [-0.4, -0.2) is 10.8 Å². The van der Waals surface area contributed by atoms with Crippen LogP contribution in [0.4, 0.5) is 0 Å². The molecule has 3 rings (SSSR count). The smallest absolute Gasteiger partial charge is 0.211 e. The summed E-state index contributed by atoms with van der Waals surface area (Å²) >= 11 is 0. The van der Waals surface area contributed by atoms with Crippen LogP contribution in [0.1, 0.15) is 27.2 Å². The molecule has 0 saturated heterocycles. The molecule has 2 nitrogen and oxygen atoms in total. The number of carbonyl (C=O) groups is 1. The van der Waals surface area contributed by atoms with Gasteiger partial charge in [-0.05, 0) is 42.5 Å². The van der Waals surface area contributed by atoms with Gasteiger partial charge in [0, 0.05) is 17.1 Å². The molecule has 1 aromatic heterocycles. The fourth-order valence-corrected chi connectivity index (χ4v) is 2.32. The summed E-state index contributed by atoms with van der Waals surface area (Å²) in [5, 5.41) is 1.94. The van der Waals surface area contributed by atoms with E-state index in [-0.39, 0.29) is 5.78 Å². The number of ketones is 1. The first-order valence-corrected chi connectivity index (χ1v) is 6.62. The van der Waals surface area contributed by atoms with Crippen LogP contribution in [0.5, 0.6) is 0 Å². The van der Waals surface area contributed by atoms with Crippen LogP contribution in [0.2, 0.25) is 0 Å². The van der Waals surface area contributed by atoms with Gasteiger partial charge in [-0.25, -0.2) is 0 Å². The molecule has 0 saturated carbocycles. The molecule has 0 N–H and O–H groups in total. The van der Waals surface area contributed by atoms with Gasteiger partial charge in [-0.3, -0.25) is 9.78 Å². The highest BCUT2D eigenvalue weighted by Crippen LogP contribution is 2.20. The van der Waals surface area contributed by atoms with Crippen LogP contribution < -0.4 is 0 Å². The van der Waals surface area contributed by atoms with E-state index >= 15 is 0 Å². The van der Waals surface area contributed by atoms with Crippen molar-refractivity contribution in [3.05, 3.63) is 77.1 Å². The predicted molar refractivity (Wildman–Crippen MR) is 81.1 cm³/mol. The molecule has 98 valence electrons. The van der Waals surface area contributed by atoms with Gasteiger partial charge < -0.3 is 0 Å². The maximum absolute atomic E-state index is 12.7. The van der Waals surface area contributed by atoms with Crippen LogP contribution >= 0.6 is 0 Å². The molecule has 20 heavy (non-hydrogen) atoms. The van der Waals surface area contributed by atoms with Crippen molar-refractivity contribution >= 4 is 16.6 Å². The summed E-state index contributed by atoms with van der Waals surface area (Å²) in [6, 6.07) is 15.5. The van der Waals surface area contributed by atoms with Gasteiger partial charge in [-0.2, -0.15) is 0 Å². The van der Waals surface area contributed by atoms with E-state index in [2.05, 4.69) is 4.98 Å². The SMILES string of the molecule is Cc1ccc(C(=O)c2nccc3ccccc23)cc1C. The molecule has 2 heteroatoms. The number of aryl methyl sites for hydroxylation is 2. The molecule has 0 aliphatic carbocycles. The lowest BCUT2D eigenvalue weighted by atomic mass is 9.99. The number of benzene rings is 2. The number of fused-ring (bicyclic) bond motifs is 1. The highest BCUT2D eigenvalue weighted by atomic mass is 16.1. The number of hydrogen-bond donors (Lipinski definition) is 0. The average molecular weight is 261 g/mol. The van der Waals surface area contributed by atoms with E-state index < -0.39 is 0 Å². The fourth-order valence-electron chi connectivity index (χ4n) is 2.32. The van der Waals surface area contributed by atoms with Crippen molar-refractivity contribution in [1.29, 1.82) is 0 Å². The van der Waals surface area contributed by atoms with Gasteiger partial charge in [0.25, 0.3) is 0 Å². The van der Waals surface area contributed by atoms with Crippen LogP contribution in [0.25, 0.3) is 10.8 Å². The summed E-state index contributed by atoms with van der Waals surface area (Å²) in [6.45, 7) is 4.06. The van der Waals surface area contributed by atoms with Gasteiger partial charge in [0.05, 0.1) is 0 Å². The normalized spacial score (nSPS) is 10.7. The Hall–Kier alpha value is -2.48. The van der Waals surface area contributed by atoms with Gasteiger partial charge in [-0.1, -0.05) is 36.4 Å². The molecule has 2 aromatic carbocycles. The van der Waals surface area contributed by atoms with Crippen LogP contribution in [0, 0.1) is 13.8 Å². The van der Waals surface area contributed by atoms with E-state index in [1.54, 1.807) is 6.20 Å². The molecule has 0 unspecified atom stereocenters. The zero-order valence-corrected chi connectivity index (χ0v) is 11.6. The second-order valence-electron chi connectivity index (χ2n) is 5.01. The van der Waals surface area contributed by atoms with E-state index in [0.717, 1.165) is 16.3 Å². The lowest BCUT2D eigenvalue weighted by Gasteiger charge is -2.07. The summed E-state index contributed by atoms with van der Waals surface area (Å²) in [4.78, 5) is 16.9. The molecule has 3 aromatic rings. The van der Waals surface area contributed by atoms with Gasteiger partial charge >= 0.3 is 0 Å². The standard InChI is InChI=1S/C18H15NO/c1-12-7-8-15(11-13(12)2)18(20)17-16-6-4-3-5-14(16)9-10-19-17/h3-11H,1-2H3. The molecule has 0 aliphatic heterocycles. The van der Waals surface area contributed by atoms with Gasteiger partial charge in [0.2, 0.25) is 5.78 Å². The first-order chi connectivity index (χ1) is 9.66. The molecule has 0 bridgehead atoms. The Labute approximate surface area is 118 Å². The zero-order chi connectivity index (χ0) is 14.1. The monoisotopic (exact) mass is 261 g/mol. The average Bonchev–Trinajstić information content (AvgIpc) is 2.49. The summed E-state index contributed by atoms with van der Waals surface area (Å²) < 4.78 is 0. The third kappa shape index (κ3) is 2.10. The molecule has 0 aliphatic rings. The maximum atomic E-state index is 12.7. The van der Waals surface area contributed by atoms with Crippen molar-refractivity contribution < 1.29 is 4.79 Å².